The molecular formula is C20H21F2N3O2. The Kier molecular flexibility index (Phi) is 5.39. The number of nitrogens with one attached hydrogen (secondary N) is 1. The lowest BCUT2D eigenvalue weighted by Crippen LogP contribution is -2.37. The Morgan fingerprint density at radius 2 is 1.81 bits per heavy atom. The summed E-state index contributed by atoms with van der Waals surface area (Å²) in [5, 5.41) is 2.37. The molecule has 1 heterocycles. The quantitative estimate of drug-likeness (QED) is 0.862. The van der Waals surface area contributed by atoms with Gasteiger partial charge in [-0.1, -0.05) is 26.0 Å². The highest BCUT2D eigenvalue weighted by molar-refractivity contribution is 5.99. The number of nitrogens with zero attached hydrogens (tertiary/aromatic N) is 2. The minimum atomic E-state index is -0.858. The fourth-order valence-electron chi connectivity index (χ4n) is 2.96. The van der Waals surface area contributed by atoms with Gasteiger partial charge in [-0.05, 0) is 35.7 Å². The fraction of sp³-hybridized carbons (Fsp3) is 0.300. The van der Waals surface area contributed by atoms with Crippen molar-refractivity contribution in [3.8, 4) is 0 Å². The smallest absolute Gasteiger partial charge is 0.322 e. The van der Waals surface area contributed by atoms with Crippen molar-refractivity contribution in [1.29, 1.82) is 0 Å². The summed E-state index contributed by atoms with van der Waals surface area (Å²) >= 11 is 0. The maximum absolute atomic E-state index is 13.6. The van der Waals surface area contributed by atoms with Gasteiger partial charge >= 0.3 is 6.03 Å². The Morgan fingerprint density at radius 3 is 2.44 bits per heavy atom. The summed E-state index contributed by atoms with van der Waals surface area (Å²) in [4.78, 5) is 27.7. The van der Waals surface area contributed by atoms with Crippen LogP contribution in [0.15, 0.2) is 42.5 Å². The molecule has 5 nitrogen and oxygen atoms in total. The SMILES string of the molecule is CC(C)c1ccc(N2CCN(CC(=O)Nc3ccc(F)cc3F)C2=O)cc1. The largest absolute Gasteiger partial charge is 0.325 e. The van der Waals surface area contributed by atoms with Gasteiger partial charge in [-0.3, -0.25) is 9.69 Å². The van der Waals surface area contributed by atoms with Crippen LogP contribution >= 0.6 is 0 Å². The van der Waals surface area contributed by atoms with Crippen molar-refractivity contribution in [2.75, 3.05) is 29.9 Å². The van der Waals surface area contributed by atoms with Crippen LogP contribution in [0.1, 0.15) is 25.3 Å². The van der Waals surface area contributed by atoms with Crippen molar-refractivity contribution in [2.24, 2.45) is 0 Å². The number of rotatable bonds is 5. The van der Waals surface area contributed by atoms with Crippen molar-refractivity contribution in [1.82, 2.24) is 4.90 Å². The molecule has 3 rings (SSSR count). The van der Waals surface area contributed by atoms with E-state index in [-0.39, 0.29) is 18.3 Å². The summed E-state index contributed by atoms with van der Waals surface area (Å²) < 4.78 is 26.6. The first-order valence-corrected chi connectivity index (χ1v) is 8.76. The first-order valence-electron chi connectivity index (χ1n) is 8.76. The van der Waals surface area contributed by atoms with E-state index in [1.807, 2.05) is 24.3 Å². The van der Waals surface area contributed by atoms with Gasteiger partial charge < -0.3 is 10.2 Å². The predicted molar refractivity (Wildman–Crippen MR) is 99.8 cm³/mol. The molecule has 27 heavy (non-hydrogen) atoms. The zero-order valence-corrected chi connectivity index (χ0v) is 15.2. The van der Waals surface area contributed by atoms with Crippen LogP contribution in [0.25, 0.3) is 0 Å². The molecule has 0 aliphatic carbocycles. The summed E-state index contributed by atoms with van der Waals surface area (Å²) in [6, 6.07) is 10.4. The Labute approximate surface area is 156 Å². The summed E-state index contributed by atoms with van der Waals surface area (Å²) in [5.74, 6) is -1.71. The molecule has 2 aromatic carbocycles. The predicted octanol–water partition coefficient (Wildman–Crippen LogP) is 3.97. The van der Waals surface area contributed by atoms with Crippen LogP contribution in [0.3, 0.4) is 0 Å². The molecule has 1 aliphatic heterocycles. The lowest BCUT2D eigenvalue weighted by molar-refractivity contribution is -0.116. The van der Waals surface area contributed by atoms with Crippen LogP contribution in [-0.4, -0.2) is 36.5 Å². The van der Waals surface area contributed by atoms with E-state index < -0.39 is 17.5 Å². The van der Waals surface area contributed by atoms with Crippen molar-refractivity contribution in [3.63, 3.8) is 0 Å². The Bertz CT molecular complexity index is 853. The van der Waals surface area contributed by atoms with E-state index >= 15 is 0 Å². The van der Waals surface area contributed by atoms with Crippen molar-refractivity contribution in [3.05, 3.63) is 59.7 Å². The van der Waals surface area contributed by atoms with E-state index in [4.69, 9.17) is 0 Å². The Balaban J connectivity index is 1.62. The fourth-order valence-corrected chi connectivity index (χ4v) is 2.96. The first-order chi connectivity index (χ1) is 12.8. The number of amides is 3. The highest BCUT2D eigenvalue weighted by Gasteiger charge is 2.31. The Hall–Kier alpha value is -2.96. The topological polar surface area (TPSA) is 52.6 Å². The van der Waals surface area contributed by atoms with Crippen LogP contribution < -0.4 is 10.2 Å². The molecule has 0 atom stereocenters. The molecule has 0 radical (unpaired) electrons. The van der Waals surface area contributed by atoms with Gasteiger partial charge in [-0.25, -0.2) is 13.6 Å². The van der Waals surface area contributed by atoms with Crippen LogP contribution in [0.2, 0.25) is 0 Å². The number of halogens is 2. The third-order valence-electron chi connectivity index (χ3n) is 4.51. The number of urea groups is 1. The molecule has 0 unspecified atom stereocenters. The molecule has 1 aliphatic rings. The van der Waals surface area contributed by atoms with E-state index in [2.05, 4.69) is 19.2 Å². The summed E-state index contributed by atoms with van der Waals surface area (Å²) in [6.45, 7) is 4.86. The van der Waals surface area contributed by atoms with E-state index in [1.54, 1.807) is 4.90 Å². The molecule has 2 aromatic rings. The molecule has 3 amide bonds. The van der Waals surface area contributed by atoms with Crippen LogP contribution in [0.5, 0.6) is 0 Å². The molecule has 0 saturated carbocycles. The number of carbonyl (C=O) groups is 2. The molecule has 1 fully saturated rings. The minimum Gasteiger partial charge on any atom is -0.322 e. The normalized spacial score (nSPS) is 14.2. The standard InChI is InChI=1S/C20H21F2N3O2/c1-13(2)14-3-6-16(7-4-14)25-10-9-24(20(25)27)12-19(26)23-18-8-5-15(21)11-17(18)22/h3-8,11,13H,9-10,12H2,1-2H3,(H,23,26). The van der Waals surface area contributed by atoms with Crippen molar-refractivity contribution in [2.45, 2.75) is 19.8 Å². The molecule has 0 spiro atoms. The second kappa shape index (κ2) is 7.73. The molecule has 1 N–H and O–H groups in total. The van der Waals surface area contributed by atoms with Gasteiger partial charge in [-0.2, -0.15) is 0 Å². The maximum atomic E-state index is 13.6. The number of carbonyl (C=O) groups excluding carboxylic acids is 2. The number of anilines is 2. The number of benzene rings is 2. The van der Waals surface area contributed by atoms with E-state index in [0.29, 0.717) is 25.1 Å². The average molecular weight is 373 g/mol. The third-order valence-corrected chi connectivity index (χ3v) is 4.51. The molecule has 7 heteroatoms. The number of hydrogen-bond donors (Lipinski definition) is 1. The summed E-state index contributed by atoms with van der Waals surface area (Å²) in [6.07, 6.45) is 0. The molecule has 0 bridgehead atoms. The second-order valence-corrected chi connectivity index (χ2v) is 6.77. The number of hydrogen-bond acceptors (Lipinski definition) is 2. The highest BCUT2D eigenvalue weighted by Crippen LogP contribution is 2.23. The third kappa shape index (κ3) is 4.24. The zero-order chi connectivity index (χ0) is 19.6. The van der Waals surface area contributed by atoms with Gasteiger partial charge in [0.15, 0.2) is 0 Å². The van der Waals surface area contributed by atoms with Gasteiger partial charge in [0.05, 0.1) is 5.69 Å². The monoisotopic (exact) mass is 373 g/mol. The van der Waals surface area contributed by atoms with Gasteiger partial charge in [0.2, 0.25) is 5.91 Å². The zero-order valence-electron chi connectivity index (χ0n) is 15.2. The van der Waals surface area contributed by atoms with Crippen molar-refractivity contribution < 1.29 is 18.4 Å². The summed E-state index contributed by atoms with van der Waals surface area (Å²) in [5.41, 5.74) is 1.84. The van der Waals surface area contributed by atoms with Gasteiger partial charge in [-0.15, -0.1) is 0 Å². The first kappa shape index (κ1) is 18.8. The average Bonchev–Trinajstić information content (AvgIpc) is 2.98. The summed E-state index contributed by atoms with van der Waals surface area (Å²) in [7, 11) is 0. The van der Waals surface area contributed by atoms with Gasteiger partial charge in [0.25, 0.3) is 0 Å². The van der Waals surface area contributed by atoms with Gasteiger partial charge in [0.1, 0.15) is 18.2 Å². The van der Waals surface area contributed by atoms with Crippen LogP contribution in [0, 0.1) is 11.6 Å². The highest BCUT2D eigenvalue weighted by atomic mass is 19.1. The molecular weight excluding hydrogens is 352 g/mol. The van der Waals surface area contributed by atoms with Crippen LogP contribution in [0.4, 0.5) is 25.0 Å². The van der Waals surface area contributed by atoms with E-state index in [1.165, 1.54) is 10.5 Å². The Morgan fingerprint density at radius 1 is 1.11 bits per heavy atom. The lowest BCUT2D eigenvalue weighted by atomic mass is 10.0. The van der Waals surface area contributed by atoms with E-state index in [9.17, 15) is 18.4 Å². The van der Waals surface area contributed by atoms with E-state index in [0.717, 1.165) is 17.8 Å². The maximum Gasteiger partial charge on any atom is 0.325 e. The molecule has 0 aromatic heterocycles. The van der Waals surface area contributed by atoms with Gasteiger partial charge in [0, 0.05) is 24.8 Å². The molecule has 142 valence electrons. The molecule has 1 saturated heterocycles. The van der Waals surface area contributed by atoms with Crippen LogP contribution in [-0.2, 0) is 4.79 Å². The van der Waals surface area contributed by atoms with Crippen molar-refractivity contribution >= 4 is 23.3 Å². The lowest BCUT2D eigenvalue weighted by Gasteiger charge is -2.19. The minimum absolute atomic E-state index is 0.117. The second-order valence-electron chi connectivity index (χ2n) is 6.77.